The molecule has 1 aromatic carbocycles. The largest absolute Gasteiger partial charge is 0.321 e. The van der Waals surface area contributed by atoms with E-state index in [-0.39, 0.29) is 5.54 Å². The molecule has 0 spiro atoms. The van der Waals surface area contributed by atoms with Gasteiger partial charge in [0, 0.05) is 17.1 Å². The predicted octanol–water partition coefficient (Wildman–Crippen LogP) is 3.84. The maximum atomic E-state index is 6.98. The van der Waals surface area contributed by atoms with E-state index in [9.17, 15) is 0 Å². The van der Waals surface area contributed by atoms with Gasteiger partial charge in [0.15, 0.2) is 0 Å². The monoisotopic (exact) mass is 278 g/mol. The molecule has 0 saturated heterocycles. The number of nitrogens with zero attached hydrogens (tertiary/aromatic N) is 1. The lowest BCUT2D eigenvalue weighted by atomic mass is 9.68. The fourth-order valence-corrected chi connectivity index (χ4v) is 5.88. The average Bonchev–Trinajstić information content (AvgIpc) is 3.18. The molecule has 2 bridgehead atoms. The first kappa shape index (κ1) is 12.2. The highest BCUT2D eigenvalue weighted by Gasteiger charge is 2.59. The molecule has 1 aromatic heterocycles. The van der Waals surface area contributed by atoms with Crippen molar-refractivity contribution in [2.24, 2.45) is 29.4 Å². The summed E-state index contributed by atoms with van der Waals surface area (Å²) in [5, 5.41) is 1.21. The molecule has 0 radical (unpaired) electrons. The summed E-state index contributed by atoms with van der Waals surface area (Å²) in [6.07, 6.45) is 8.74. The molecule has 3 aliphatic carbocycles. The Bertz CT molecular complexity index is 710. The number of pyridine rings is 1. The Kier molecular flexibility index (Phi) is 2.36. The van der Waals surface area contributed by atoms with Gasteiger partial charge in [-0.05, 0) is 67.1 Å². The van der Waals surface area contributed by atoms with Gasteiger partial charge in [0.05, 0.1) is 5.52 Å². The second kappa shape index (κ2) is 4.07. The lowest BCUT2D eigenvalue weighted by Crippen LogP contribution is -2.46. The quantitative estimate of drug-likeness (QED) is 0.860. The zero-order chi connectivity index (χ0) is 14.0. The summed E-state index contributed by atoms with van der Waals surface area (Å²) in [4.78, 5) is 4.52. The Labute approximate surface area is 125 Å². The van der Waals surface area contributed by atoms with Gasteiger partial charge < -0.3 is 5.73 Å². The van der Waals surface area contributed by atoms with Crippen molar-refractivity contribution < 1.29 is 0 Å². The Morgan fingerprint density at radius 1 is 1.14 bits per heavy atom. The smallest absolute Gasteiger partial charge is 0.0705 e. The first-order chi connectivity index (χ1) is 10.3. The fourth-order valence-electron chi connectivity index (χ4n) is 5.88. The van der Waals surface area contributed by atoms with Crippen LogP contribution >= 0.6 is 0 Å². The first-order valence-electron chi connectivity index (χ1n) is 8.40. The number of benzene rings is 1. The van der Waals surface area contributed by atoms with Gasteiger partial charge in [-0.25, -0.2) is 0 Å². The Morgan fingerprint density at radius 2 is 2.05 bits per heavy atom. The minimum absolute atomic E-state index is 0.0954. The minimum atomic E-state index is -0.0954. The van der Waals surface area contributed by atoms with Crippen LogP contribution in [0.4, 0.5) is 0 Å². The van der Waals surface area contributed by atoms with Crippen molar-refractivity contribution in [2.45, 2.75) is 37.6 Å². The molecular formula is C19H22N2. The molecule has 1 heterocycles. The zero-order valence-electron chi connectivity index (χ0n) is 12.3. The topological polar surface area (TPSA) is 38.9 Å². The molecule has 0 amide bonds. The van der Waals surface area contributed by atoms with Crippen LogP contribution in [0.15, 0.2) is 36.5 Å². The van der Waals surface area contributed by atoms with E-state index >= 15 is 0 Å². The van der Waals surface area contributed by atoms with Crippen LogP contribution < -0.4 is 5.73 Å². The third kappa shape index (κ3) is 1.54. The van der Waals surface area contributed by atoms with Crippen molar-refractivity contribution in [3.8, 4) is 0 Å². The van der Waals surface area contributed by atoms with Gasteiger partial charge >= 0.3 is 0 Å². The molecule has 3 saturated carbocycles. The van der Waals surface area contributed by atoms with E-state index in [0.717, 1.165) is 23.3 Å². The molecule has 5 unspecified atom stereocenters. The maximum Gasteiger partial charge on any atom is 0.0705 e. The van der Waals surface area contributed by atoms with Crippen LogP contribution in [0.1, 0.15) is 37.7 Å². The lowest BCUT2D eigenvalue weighted by Gasteiger charge is -2.40. The van der Waals surface area contributed by atoms with Crippen molar-refractivity contribution in [1.82, 2.24) is 4.98 Å². The van der Waals surface area contributed by atoms with Crippen molar-refractivity contribution in [2.75, 3.05) is 0 Å². The summed E-state index contributed by atoms with van der Waals surface area (Å²) < 4.78 is 0. The standard InChI is InChI=1S/C19H22N2/c20-19(11-13-9-17(19)16-5-1-4-15(13)16)14-7-6-12-3-2-8-21-18(12)10-14/h2-3,6-8,10,13,15-17H,1,4-5,9,11,20H2. The summed E-state index contributed by atoms with van der Waals surface area (Å²) >= 11 is 0. The Morgan fingerprint density at radius 3 is 3.00 bits per heavy atom. The van der Waals surface area contributed by atoms with Crippen molar-refractivity contribution in [1.29, 1.82) is 0 Å². The Balaban J connectivity index is 1.59. The number of hydrogen-bond donors (Lipinski definition) is 1. The molecule has 108 valence electrons. The molecule has 21 heavy (non-hydrogen) atoms. The van der Waals surface area contributed by atoms with Crippen LogP contribution in [0.2, 0.25) is 0 Å². The summed E-state index contributed by atoms with van der Waals surface area (Å²) in [6, 6.07) is 10.8. The van der Waals surface area contributed by atoms with E-state index in [4.69, 9.17) is 5.73 Å². The number of nitrogens with two attached hydrogens (primary N) is 1. The molecule has 2 N–H and O–H groups in total. The van der Waals surface area contributed by atoms with Gasteiger partial charge in [-0.1, -0.05) is 24.6 Å². The maximum absolute atomic E-state index is 6.98. The Hall–Kier alpha value is -1.41. The molecule has 5 atom stereocenters. The normalized spacial score (nSPS) is 40.8. The van der Waals surface area contributed by atoms with Crippen molar-refractivity contribution in [3.05, 3.63) is 42.1 Å². The van der Waals surface area contributed by atoms with E-state index < -0.39 is 0 Å². The highest BCUT2D eigenvalue weighted by atomic mass is 14.8. The number of aromatic nitrogens is 1. The summed E-state index contributed by atoms with van der Waals surface area (Å²) in [5.41, 5.74) is 9.30. The highest BCUT2D eigenvalue weighted by Crippen LogP contribution is 2.64. The summed E-state index contributed by atoms with van der Waals surface area (Å²) in [7, 11) is 0. The van der Waals surface area contributed by atoms with Crippen LogP contribution in [0, 0.1) is 23.7 Å². The van der Waals surface area contributed by atoms with Crippen LogP contribution in [0.5, 0.6) is 0 Å². The molecular weight excluding hydrogens is 256 g/mol. The average molecular weight is 278 g/mol. The molecule has 3 fully saturated rings. The van der Waals surface area contributed by atoms with Crippen LogP contribution in [0.3, 0.4) is 0 Å². The number of rotatable bonds is 1. The first-order valence-corrected chi connectivity index (χ1v) is 8.40. The van der Waals surface area contributed by atoms with Crippen LogP contribution in [-0.4, -0.2) is 4.98 Å². The van der Waals surface area contributed by atoms with E-state index in [1.807, 2.05) is 12.3 Å². The summed E-state index contributed by atoms with van der Waals surface area (Å²) in [5.74, 6) is 3.47. The lowest BCUT2D eigenvalue weighted by molar-refractivity contribution is 0.157. The number of hydrogen-bond acceptors (Lipinski definition) is 2. The van der Waals surface area contributed by atoms with Crippen molar-refractivity contribution in [3.63, 3.8) is 0 Å². The molecule has 2 aromatic rings. The van der Waals surface area contributed by atoms with E-state index in [1.54, 1.807) is 0 Å². The van der Waals surface area contributed by atoms with E-state index in [0.29, 0.717) is 5.92 Å². The molecule has 5 rings (SSSR count). The minimum Gasteiger partial charge on any atom is -0.321 e. The van der Waals surface area contributed by atoms with Gasteiger partial charge in [0.1, 0.15) is 0 Å². The predicted molar refractivity (Wildman–Crippen MR) is 84.7 cm³/mol. The molecule has 2 heteroatoms. The van der Waals surface area contributed by atoms with E-state index in [2.05, 4.69) is 29.2 Å². The van der Waals surface area contributed by atoms with Crippen LogP contribution in [0.25, 0.3) is 10.9 Å². The third-order valence-corrected chi connectivity index (χ3v) is 6.71. The second-order valence-electron chi connectivity index (χ2n) is 7.52. The SMILES string of the molecule is NC1(c2ccc3cccnc3c2)CC2CC1C1CCCC21. The fraction of sp³-hybridized carbons (Fsp3) is 0.526. The molecule has 2 nitrogen and oxygen atoms in total. The van der Waals surface area contributed by atoms with Crippen LogP contribution in [-0.2, 0) is 5.54 Å². The highest BCUT2D eigenvalue weighted by molar-refractivity contribution is 5.79. The molecule has 0 aliphatic heterocycles. The molecule has 3 aliphatic rings. The van der Waals surface area contributed by atoms with Gasteiger partial charge in [0.25, 0.3) is 0 Å². The van der Waals surface area contributed by atoms with Gasteiger partial charge in [-0.15, -0.1) is 0 Å². The van der Waals surface area contributed by atoms with Gasteiger partial charge in [-0.3, -0.25) is 4.98 Å². The third-order valence-electron chi connectivity index (χ3n) is 6.71. The van der Waals surface area contributed by atoms with Gasteiger partial charge in [-0.2, -0.15) is 0 Å². The zero-order valence-corrected chi connectivity index (χ0v) is 12.3. The van der Waals surface area contributed by atoms with Crippen molar-refractivity contribution >= 4 is 10.9 Å². The van der Waals surface area contributed by atoms with Gasteiger partial charge in [0.2, 0.25) is 0 Å². The van der Waals surface area contributed by atoms with E-state index in [1.165, 1.54) is 43.1 Å². The second-order valence-corrected chi connectivity index (χ2v) is 7.52. The summed E-state index contributed by atoms with van der Waals surface area (Å²) in [6.45, 7) is 0. The number of fused-ring (bicyclic) bond motifs is 6.